The first kappa shape index (κ1) is 11.9. The van der Waals surface area contributed by atoms with Gasteiger partial charge >= 0.3 is 0 Å². The Kier molecular flexibility index (Phi) is 3.76. The van der Waals surface area contributed by atoms with Gasteiger partial charge in [-0.1, -0.05) is 0 Å². The molecule has 0 bridgehead atoms. The monoisotopic (exact) mass is 308 g/mol. The fourth-order valence-corrected chi connectivity index (χ4v) is 4.22. The summed E-state index contributed by atoms with van der Waals surface area (Å²) in [5, 5.41) is -0.00231. The first-order valence-corrected chi connectivity index (χ1v) is 7.18. The SMILES string of the molecule is Cc1sc(Br)cc1C(Cl)C1CCC(C)O1. The van der Waals surface area contributed by atoms with Gasteiger partial charge in [-0.25, -0.2) is 0 Å². The molecule has 4 heteroatoms. The molecule has 1 aliphatic heterocycles. The average molecular weight is 310 g/mol. The number of hydrogen-bond donors (Lipinski definition) is 0. The second-order valence-electron chi connectivity index (χ2n) is 4.03. The fourth-order valence-electron chi connectivity index (χ4n) is 1.98. The van der Waals surface area contributed by atoms with Crippen molar-refractivity contribution in [2.24, 2.45) is 0 Å². The van der Waals surface area contributed by atoms with Crippen molar-refractivity contribution in [2.45, 2.75) is 44.3 Å². The van der Waals surface area contributed by atoms with E-state index in [1.165, 1.54) is 10.4 Å². The summed E-state index contributed by atoms with van der Waals surface area (Å²) in [6.45, 7) is 4.22. The van der Waals surface area contributed by atoms with Crippen LogP contribution in [0.5, 0.6) is 0 Å². The molecule has 0 amide bonds. The van der Waals surface area contributed by atoms with Gasteiger partial charge in [0.25, 0.3) is 0 Å². The van der Waals surface area contributed by atoms with E-state index in [2.05, 4.69) is 35.8 Å². The molecule has 0 radical (unpaired) electrons. The molecular formula is C11H14BrClOS. The maximum absolute atomic E-state index is 6.46. The largest absolute Gasteiger partial charge is 0.373 e. The zero-order valence-corrected chi connectivity index (χ0v) is 12.0. The number of rotatable bonds is 2. The van der Waals surface area contributed by atoms with Gasteiger partial charge in [0, 0.05) is 4.88 Å². The van der Waals surface area contributed by atoms with Crippen LogP contribution in [0.2, 0.25) is 0 Å². The Morgan fingerprint density at radius 2 is 2.33 bits per heavy atom. The summed E-state index contributed by atoms with van der Waals surface area (Å²) in [6.07, 6.45) is 2.74. The predicted molar refractivity (Wildman–Crippen MR) is 68.9 cm³/mol. The van der Waals surface area contributed by atoms with Crippen LogP contribution in [0.3, 0.4) is 0 Å². The number of thiophene rings is 1. The van der Waals surface area contributed by atoms with Gasteiger partial charge in [0.1, 0.15) is 0 Å². The molecule has 1 aromatic rings. The molecule has 1 nitrogen and oxygen atoms in total. The Hall–Kier alpha value is 0.430. The molecule has 1 aliphatic rings. The van der Waals surface area contributed by atoms with Gasteiger partial charge in [-0.15, -0.1) is 22.9 Å². The van der Waals surface area contributed by atoms with E-state index in [4.69, 9.17) is 16.3 Å². The van der Waals surface area contributed by atoms with E-state index < -0.39 is 0 Å². The molecule has 2 rings (SSSR count). The first-order chi connectivity index (χ1) is 7.08. The summed E-state index contributed by atoms with van der Waals surface area (Å²) >= 11 is 11.7. The van der Waals surface area contributed by atoms with Gasteiger partial charge in [0.15, 0.2) is 0 Å². The number of halogens is 2. The standard InChI is InChI=1S/C11H14BrClOS/c1-6-3-4-9(14-6)11(13)8-5-10(12)15-7(8)2/h5-6,9,11H,3-4H2,1-2H3. The third-order valence-electron chi connectivity index (χ3n) is 2.81. The van der Waals surface area contributed by atoms with Gasteiger partial charge in [0.2, 0.25) is 0 Å². The van der Waals surface area contributed by atoms with Crippen molar-refractivity contribution in [3.8, 4) is 0 Å². The van der Waals surface area contributed by atoms with Crippen LogP contribution in [-0.4, -0.2) is 12.2 Å². The molecule has 0 spiro atoms. The van der Waals surface area contributed by atoms with Gasteiger partial charge in [-0.05, 0) is 54.2 Å². The number of ether oxygens (including phenoxy) is 1. The van der Waals surface area contributed by atoms with Crippen molar-refractivity contribution in [1.29, 1.82) is 0 Å². The highest BCUT2D eigenvalue weighted by Crippen LogP contribution is 2.39. The summed E-state index contributed by atoms with van der Waals surface area (Å²) in [5.41, 5.74) is 1.22. The maximum Gasteiger partial charge on any atom is 0.0858 e. The van der Waals surface area contributed by atoms with Crippen LogP contribution < -0.4 is 0 Å². The smallest absolute Gasteiger partial charge is 0.0858 e. The third kappa shape index (κ3) is 2.57. The minimum atomic E-state index is -0.00231. The second-order valence-corrected chi connectivity index (χ2v) is 7.13. The Morgan fingerprint density at radius 3 is 2.80 bits per heavy atom. The lowest BCUT2D eigenvalue weighted by Crippen LogP contribution is -2.14. The van der Waals surface area contributed by atoms with Crippen LogP contribution in [0, 0.1) is 6.92 Å². The molecule has 3 unspecified atom stereocenters. The van der Waals surface area contributed by atoms with Crippen molar-refractivity contribution in [3.63, 3.8) is 0 Å². The first-order valence-electron chi connectivity index (χ1n) is 5.13. The number of aryl methyl sites for hydroxylation is 1. The zero-order valence-electron chi connectivity index (χ0n) is 8.80. The summed E-state index contributed by atoms with van der Waals surface area (Å²) < 4.78 is 6.94. The minimum absolute atomic E-state index is 0.00231. The van der Waals surface area contributed by atoms with Crippen molar-refractivity contribution < 1.29 is 4.74 Å². The normalized spacial score (nSPS) is 28.3. The molecule has 1 saturated heterocycles. The average Bonchev–Trinajstić information content (AvgIpc) is 2.71. The molecule has 0 N–H and O–H groups in total. The molecule has 84 valence electrons. The van der Waals surface area contributed by atoms with Crippen molar-refractivity contribution in [2.75, 3.05) is 0 Å². The Balaban J connectivity index is 2.13. The van der Waals surface area contributed by atoms with E-state index in [0.29, 0.717) is 6.10 Å². The lowest BCUT2D eigenvalue weighted by molar-refractivity contribution is 0.0533. The molecule has 0 saturated carbocycles. The van der Waals surface area contributed by atoms with Crippen molar-refractivity contribution in [3.05, 3.63) is 20.3 Å². The lowest BCUT2D eigenvalue weighted by atomic mass is 10.1. The lowest BCUT2D eigenvalue weighted by Gasteiger charge is -2.17. The fraction of sp³-hybridized carbons (Fsp3) is 0.636. The Labute approximate surface area is 108 Å². The molecule has 0 aliphatic carbocycles. The van der Waals surface area contributed by atoms with Crippen molar-refractivity contribution in [1.82, 2.24) is 0 Å². The zero-order chi connectivity index (χ0) is 11.0. The highest BCUT2D eigenvalue weighted by Gasteiger charge is 2.30. The van der Waals surface area contributed by atoms with Gasteiger partial charge < -0.3 is 4.74 Å². The van der Waals surface area contributed by atoms with Gasteiger partial charge in [0.05, 0.1) is 21.4 Å². The predicted octanol–water partition coefficient (Wildman–Crippen LogP) is 4.67. The Morgan fingerprint density at radius 1 is 1.60 bits per heavy atom. The highest BCUT2D eigenvalue weighted by atomic mass is 79.9. The topological polar surface area (TPSA) is 9.23 Å². The summed E-state index contributed by atoms with van der Waals surface area (Å²) in [4.78, 5) is 1.28. The molecule has 2 heterocycles. The molecule has 15 heavy (non-hydrogen) atoms. The summed E-state index contributed by atoms with van der Waals surface area (Å²) in [6, 6.07) is 2.12. The minimum Gasteiger partial charge on any atom is -0.373 e. The van der Waals surface area contributed by atoms with Crippen LogP contribution in [0.25, 0.3) is 0 Å². The van der Waals surface area contributed by atoms with E-state index in [1.54, 1.807) is 11.3 Å². The molecule has 1 aromatic heterocycles. The molecule has 1 fully saturated rings. The van der Waals surface area contributed by atoms with Crippen LogP contribution in [0.15, 0.2) is 9.85 Å². The van der Waals surface area contributed by atoms with E-state index >= 15 is 0 Å². The van der Waals surface area contributed by atoms with Crippen LogP contribution in [-0.2, 0) is 4.74 Å². The quantitative estimate of drug-likeness (QED) is 0.722. The highest BCUT2D eigenvalue weighted by molar-refractivity contribution is 9.11. The number of alkyl halides is 1. The molecular weight excluding hydrogens is 296 g/mol. The molecule has 3 atom stereocenters. The van der Waals surface area contributed by atoms with E-state index in [0.717, 1.165) is 16.6 Å². The summed E-state index contributed by atoms with van der Waals surface area (Å²) in [5.74, 6) is 0. The van der Waals surface area contributed by atoms with E-state index in [1.807, 2.05) is 0 Å². The summed E-state index contributed by atoms with van der Waals surface area (Å²) in [7, 11) is 0. The van der Waals surface area contributed by atoms with E-state index in [9.17, 15) is 0 Å². The van der Waals surface area contributed by atoms with Crippen LogP contribution in [0.4, 0.5) is 0 Å². The maximum atomic E-state index is 6.46. The Bertz CT molecular complexity index is 352. The van der Waals surface area contributed by atoms with Crippen LogP contribution in [0.1, 0.15) is 35.6 Å². The van der Waals surface area contributed by atoms with Gasteiger partial charge in [-0.3, -0.25) is 0 Å². The van der Waals surface area contributed by atoms with E-state index in [-0.39, 0.29) is 11.5 Å². The third-order valence-corrected chi connectivity index (χ3v) is 4.90. The number of hydrogen-bond acceptors (Lipinski definition) is 2. The van der Waals surface area contributed by atoms with Crippen molar-refractivity contribution >= 4 is 38.9 Å². The molecule has 0 aromatic carbocycles. The van der Waals surface area contributed by atoms with Gasteiger partial charge in [-0.2, -0.15) is 0 Å². The second kappa shape index (κ2) is 4.74. The van der Waals surface area contributed by atoms with Crippen LogP contribution >= 0.6 is 38.9 Å².